The van der Waals surface area contributed by atoms with Gasteiger partial charge in [-0.1, -0.05) is 0 Å². The number of hydrogen-bond donors (Lipinski definition) is 5. The van der Waals surface area contributed by atoms with Gasteiger partial charge in [-0.05, 0) is 6.92 Å². The van der Waals surface area contributed by atoms with Gasteiger partial charge in [0.25, 0.3) is 0 Å². The van der Waals surface area contributed by atoms with Crippen LogP contribution >= 0.6 is 0 Å². The number of nitrogens with zero attached hydrogens (tertiary/aromatic N) is 3. The van der Waals surface area contributed by atoms with Gasteiger partial charge in [0, 0.05) is 6.20 Å². The Morgan fingerprint density at radius 1 is 1.43 bits per heavy atom. The number of aliphatic hydroxyl groups excluding tert-OH is 2. The van der Waals surface area contributed by atoms with Crippen molar-refractivity contribution >= 4 is 22.5 Å². The van der Waals surface area contributed by atoms with E-state index in [1.54, 1.807) is 0 Å². The highest BCUT2D eigenvalue weighted by Gasteiger charge is 2.53. The summed E-state index contributed by atoms with van der Waals surface area (Å²) in [6.07, 6.45) is -0.314. The highest BCUT2D eigenvalue weighted by atomic mass is 16.6. The second-order valence-corrected chi connectivity index (χ2v) is 5.33. The van der Waals surface area contributed by atoms with Crippen molar-refractivity contribution in [3.63, 3.8) is 0 Å². The number of aromatic nitrogens is 3. The molecule has 7 N–H and O–H groups in total. The molecule has 0 radical (unpaired) electrons. The Morgan fingerprint density at radius 3 is 2.76 bits per heavy atom. The molecule has 0 spiro atoms. The molecule has 2 aromatic heterocycles. The molecule has 0 aromatic carbocycles. The predicted molar refractivity (Wildman–Crippen MR) is 74.0 cm³/mol. The van der Waals surface area contributed by atoms with Gasteiger partial charge < -0.3 is 36.1 Å². The minimum atomic E-state index is -1.62. The topological polar surface area (TPSA) is 153 Å². The van der Waals surface area contributed by atoms with Crippen LogP contribution in [0.2, 0.25) is 0 Å². The first-order chi connectivity index (χ1) is 9.87. The van der Waals surface area contributed by atoms with Crippen LogP contribution < -0.4 is 11.5 Å². The minimum absolute atomic E-state index is 0.216. The standard InChI is InChI=1S/C12H17N5O4/c1-12(20)8(19)6(3-18)21-11(12)17-2-5(13)7-9(14)15-4-16-10(7)17/h2,4,6,8,11,18-20H,3,13H2,1H3,(H2,14,15,16)/t6-,8-,11-,12-/m1/s1. The number of rotatable bonds is 2. The lowest BCUT2D eigenvalue weighted by molar-refractivity contribution is -0.0947. The van der Waals surface area contributed by atoms with Crippen LogP contribution in [0.4, 0.5) is 11.5 Å². The Bertz CT molecular complexity index is 686. The number of ether oxygens (including phenoxy) is 1. The van der Waals surface area contributed by atoms with Crippen molar-refractivity contribution in [2.75, 3.05) is 18.1 Å². The average Bonchev–Trinajstić information content (AvgIpc) is 2.87. The van der Waals surface area contributed by atoms with Gasteiger partial charge in [-0.3, -0.25) is 0 Å². The van der Waals surface area contributed by atoms with E-state index in [-0.39, 0.29) is 5.82 Å². The normalized spacial score (nSPS) is 32.9. The molecule has 4 atom stereocenters. The summed E-state index contributed by atoms with van der Waals surface area (Å²) in [4.78, 5) is 7.98. The van der Waals surface area contributed by atoms with Gasteiger partial charge in [0.15, 0.2) is 6.23 Å². The molecule has 0 aliphatic carbocycles. The van der Waals surface area contributed by atoms with Crippen molar-refractivity contribution in [3.05, 3.63) is 12.5 Å². The van der Waals surface area contributed by atoms with E-state index in [1.807, 2.05) is 0 Å². The van der Waals surface area contributed by atoms with Crippen LogP contribution in [0.1, 0.15) is 13.2 Å². The lowest BCUT2D eigenvalue weighted by Crippen LogP contribution is -2.44. The maximum atomic E-state index is 10.5. The Morgan fingerprint density at radius 2 is 2.14 bits per heavy atom. The largest absolute Gasteiger partial charge is 0.397 e. The number of nitrogens with two attached hydrogens (primary N) is 2. The summed E-state index contributed by atoms with van der Waals surface area (Å²) in [5.74, 6) is 0.216. The molecule has 21 heavy (non-hydrogen) atoms. The first kappa shape index (κ1) is 14.0. The molecule has 1 fully saturated rings. The molecule has 3 rings (SSSR count). The van der Waals surface area contributed by atoms with E-state index in [0.717, 1.165) is 0 Å². The van der Waals surface area contributed by atoms with Crippen molar-refractivity contribution in [1.82, 2.24) is 14.5 Å². The molecule has 1 aliphatic rings. The van der Waals surface area contributed by atoms with E-state index in [4.69, 9.17) is 16.2 Å². The van der Waals surface area contributed by atoms with Crippen LogP contribution in [0, 0.1) is 0 Å². The molecular weight excluding hydrogens is 278 g/mol. The van der Waals surface area contributed by atoms with E-state index < -0.39 is 30.6 Å². The fraction of sp³-hybridized carbons (Fsp3) is 0.500. The fourth-order valence-corrected chi connectivity index (χ4v) is 2.71. The highest BCUT2D eigenvalue weighted by molar-refractivity contribution is 5.97. The Kier molecular flexibility index (Phi) is 3.02. The molecule has 9 heteroatoms. The molecule has 1 saturated heterocycles. The van der Waals surface area contributed by atoms with E-state index in [9.17, 15) is 15.3 Å². The van der Waals surface area contributed by atoms with E-state index in [0.29, 0.717) is 16.7 Å². The number of fused-ring (bicyclic) bond motifs is 1. The molecular formula is C12H17N5O4. The third kappa shape index (κ3) is 1.86. The van der Waals surface area contributed by atoms with Crippen LogP contribution in [0.15, 0.2) is 12.5 Å². The van der Waals surface area contributed by atoms with Gasteiger partial charge >= 0.3 is 0 Å². The monoisotopic (exact) mass is 295 g/mol. The van der Waals surface area contributed by atoms with Crippen molar-refractivity contribution in [2.24, 2.45) is 0 Å². The zero-order valence-corrected chi connectivity index (χ0v) is 11.3. The van der Waals surface area contributed by atoms with Crippen LogP contribution in [0.25, 0.3) is 11.0 Å². The maximum absolute atomic E-state index is 10.5. The van der Waals surface area contributed by atoms with Gasteiger partial charge in [-0.15, -0.1) is 0 Å². The quantitative estimate of drug-likeness (QED) is 0.453. The lowest BCUT2D eigenvalue weighted by atomic mass is 9.96. The van der Waals surface area contributed by atoms with Crippen molar-refractivity contribution in [2.45, 2.75) is 31.0 Å². The third-order valence-corrected chi connectivity index (χ3v) is 3.86. The predicted octanol–water partition coefficient (Wildman–Crippen LogP) is -1.40. The maximum Gasteiger partial charge on any atom is 0.167 e. The summed E-state index contributed by atoms with van der Waals surface area (Å²) >= 11 is 0. The van der Waals surface area contributed by atoms with E-state index >= 15 is 0 Å². The second-order valence-electron chi connectivity index (χ2n) is 5.33. The summed E-state index contributed by atoms with van der Waals surface area (Å²) in [6, 6.07) is 0. The molecule has 3 heterocycles. The number of anilines is 2. The van der Waals surface area contributed by atoms with Crippen molar-refractivity contribution in [1.29, 1.82) is 0 Å². The van der Waals surface area contributed by atoms with Gasteiger partial charge in [-0.25, -0.2) is 9.97 Å². The number of aliphatic hydroxyl groups is 3. The zero-order valence-electron chi connectivity index (χ0n) is 11.3. The smallest absolute Gasteiger partial charge is 0.167 e. The summed E-state index contributed by atoms with van der Waals surface area (Å²) < 4.78 is 7.03. The van der Waals surface area contributed by atoms with Gasteiger partial charge in [-0.2, -0.15) is 0 Å². The van der Waals surface area contributed by atoms with Crippen LogP contribution in [0.5, 0.6) is 0 Å². The first-order valence-electron chi connectivity index (χ1n) is 6.41. The Labute approximate surface area is 119 Å². The van der Waals surface area contributed by atoms with Crippen LogP contribution in [-0.4, -0.2) is 54.3 Å². The zero-order chi connectivity index (χ0) is 15.4. The molecule has 9 nitrogen and oxygen atoms in total. The van der Waals surface area contributed by atoms with E-state index in [1.165, 1.54) is 24.0 Å². The van der Waals surface area contributed by atoms with Gasteiger partial charge in [0.2, 0.25) is 0 Å². The fourth-order valence-electron chi connectivity index (χ4n) is 2.71. The SMILES string of the molecule is C[C@@]1(O)[C@H](O)[C@@H](CO)O[C@H]1n1cc(N)c2c(N)ncnc21. The summed E-state index contributed by atoms with van der Waals surface area (Å²) in [5, 5.41) is 30.2. The number of hydrogen-bond acceptors (Lipinski definition) is 8. The number of nitrogen functional groups attached to an aromatic ring is 2. The third-order valence-electron chi connectivity index (χ3n) is 3.86. The Balaban J connectivity index is 2.15. The molecule has 114 valence electrons. The minimum Gasteiger partial charge on any atom is -0.397 e. The lowest BCUT2D eigenvalue weighted by Gasteiger charge is -2.27. The second kappa shape index (κ2) is 4.53. The molecule has 0 saturated carbocycles. The highest BCUT2D eigenvalue weighted by Crippen LogP contribution is 2.41. The van der Waals surface area contributed by atoms with Gasteiger partial charge in [0.1, 0.15) is 35.6 Å². The van der Waals surface area contributed by atoms with Gasteiger partial charge in [0.05, 0.1) is 17.7 Å². The summed E-state index contributed by atoms with van der Waals surface area (Å²) in [5.41, 5.74) is 10.8. The molecule has 0 amide bonds. The van der Waals surface area contributed by atoms with Crippen molar-refractivity contribution in [3.8, 4) is 0 Å². The van der Waals surface area contributed by atoms with Crippen molar-refractivity contribution < 1.29 is 20.1 Å². The molecule has 0 bridgehead atoms. The average molecular weight is 295 g/mol. The molecule has 0 unspecified atom stereocenters. The molecule has 2 aromatic rings. The summed E-state index contributed by atoms with van der Waals surface area (Å²) in [7, 11) is 0. The Hall–Kier alpha value is -1.94. The first-order valence-corrected chi connectivity index (χ1v) is 6.41. The van der Waals surface area contributed by atoms with Crippen LogP contribution in [-0.2, 0) is 4.74 Å². The summed E-state index contributed by atoms with van der Waals surface area (Å²) in [6.45, 7) is 1.00. The molecule has 1 aliphatic heterocycles. The van der Waals surface area contributed by atoms with E-state index in [2.05, 4.69) is 9.97 Å². The van der Waals surface area contributed by atoms with Crippen LogP contribution in [0.3, 0.4) is 0 Å².